The van der Waals surface area contributed by atoms with Crippen molar-refractivity contribution in [2.45, 2.75) is 19.4 Å². The predicted molar refractivity (Wildman–Crippen MR) is 107 cm³/mol. The van der Waals surface area contributed by atoms with E-state index in [0.29, 0.717) is 12.1 Å². The van der Waals surface area contributed by atoms with Gasteiger partial charge in [-0.2, -0.15) is 0 Å². The van der Waals surface area contributed by atoms with Crippen LogP contribution in [-0.2, 0) is 13.0 Å². The molecule has 1 aliphatic carbocycles. The molecule has 1 N–H and O–H groups in total. The van der Waals surface area contributed by atoms with Gasteiger partial charge >= 0.3 is 0 Å². The molecular weight excluding hydrogens is 318 g/mol. The highest BCUT2D eigenvalue weighted by atomic mass is 16.1. The molecule has 0 aliphatic heterocycles. The van der Waals surface area contributed by atoms with Gasteiger partial charge in [-0.3, -0.25) is 4.79 Å². The molecule has 2 heteroatoms. The third kappa shape index (κ3) is 3.45. The van der Waals surface area contributed by atoms with Crippen molar-refractivity contribution in [3.05, 3.63) is 101 Å². The van der Waals surface area contributed by atoms with Crippen molar-refractivity contribution < 1.29 is 4.79 Å². The van der Waals surface area contributed by atoms with E-state index in [9.17, 15) is 4.79 Å². The van der Waals surface area contributed by atoms with Gasteiger partial charge in [0.1, 0.15) is 0 Å². The van der Waals surface area contributed by atoms with Crippen LogP contribution in [0.15, 0.2) is 78.9 Å². The van der Waals surface area contributed by atoms with E-state index >= 15 is 0 Å². The molecule has 0 fully saturated rings. The summed E-state index contributed by atoms with van der Waals surface area (Å²) in [4.78, 5) is 12.1. The van der Waals surface area contributed by atoms with Crippen molar-refractivity contribution in [2.24, 2.45) is 0 Å². The molecule has 0 saturated heterocycles. The number of nitrogens with one attached hydrogen (secondary N) is 1. The van der Waals surface area contributed by atoms with Gasteiger partial charge in [-0.05, 0) is 52.8 Å². The third-order valence-corrected chi connectivity index (χ3v) is 4.82. The largest absolute Gasteiger partial charge is 0.348 e. The van der Waals surface area contributed by atoms with Crippen LogP contribution in [0.4, 0.5) is 0 Å². The summed E-state index contributed by atoms with van der Waals surface area (Å²) in [5.41, 5.74) is 7.03. The van der Waals surface area contributed by atoms with Gasteiger partial charge in [0.15, 0.2) is 0 Å². The average molecular weight is 339 g/mol. The lowest BCUT2D eigenvalue weighted by atomic mass is 9.90. The molecule has 0 spiro atoms. The normalized spacial score (nSPS) is 12.5. The lowest BCUT2D eigenvalue weighted by molar-refractivity contribution is 0.0951. The number of amides is 1. The third-order valence-electron chi connectivity index (χ3n) is 4.82. The zero-order valence-electron chi connectivity index (χ0n) is 14.6. The molecule has 0 unspecified atom stereocenters. The van der Waals surface area contributed by atoms with Crippen LogP contribution in [-0.4, -0.2) is 5.91 Å². The van der Waals surface area contributed by atoms with Crippen LogP contribution in [0.5, 0.6) is 0 Å². The van der Waals surface area contributed by atoms with Gasteiger partial charge < -0.3 is 5.32 Å². The fraction of sp³-hybridized carbons (Fsp3) is 0.125. The highest BCUT2D eigenvalue weighted by molar-refractivity contribution is 5.94. The van der Waals surface area contributed by atoms with Crippen molar-refractivity contribution in [2.75, 3.05) is 0 Å². The molecule has 128 valence electrons. The highest BCUT2D eigenvalue weighted by Gasteiger charge is 2.10. The summed E-state index contributed by atoms with van der Waals surface area (Å²) >= 11 is 0. The maximum absolute atomic E-state index is 12.1. The number of allylic oxidation sites excluding steroid dienone is 1. The van der Waals surface area contributed by atoms with Gasteiger partial charge in [0.2, 0.25) is 0 Å². The Kier molecular flexibility index (Phi) is 4.65. The number of rotatable bonds is 4. The summed E-state index contributed by atoms with van der Waals surface area (Å²) in [6.07, 6.45) is 6.72. The number of benzene rings is 3. The monoisotopic (exact) mass is 339 g/mol. The summed E-state index contributed by atoms with van der Waals surface area (Å²) in [5, 5.41) is 2.97. The average Bonchev–Trinajstić information content (AvgIpc) is 2.72. The van der Waals surface area contributed by atoms with Crippen LogP contribution >= 0.6 is 0 Å². The number of hydrogen-bond donors (Lipinski definition) is 1. The van der Waals surface area contributed by atoms with Crippen LogP contribution in [0, 0.1) is 0 Å². The first-order chi connectivity index (χ1) is 12.8. The molecule has 3 aromatic rings. The van der Waals surface area contributed by atoms with Crippen molar-refractivity contribution in [3.63, 3.8) is 0 Å². The zero-order valence-corrected chi connectivity index (χ0v) is 14.6. The summed E-state index contributed by atoms with van der Waals surface area (Å²) in [7, 11) is 0. The van der Waals surface area contributed by atoms with Crippen molar-refractivity contribution >= 4 is 12.0 Å². The molecule has 0 aromatic heterocycles. The Balaban J connectivity index is 1.48. The van der Waals surface area contributed by atoms with Crippen molar-refractivity contribution in [1.82, 2.24) is 5.32 Å². The topological polar surface area (TPSA) is 29.1 Å². The van der Waals surface area contributed by atoms with E-state index in [1.54, 1.807) is 0 Å². The molecule has 0 bridgehead atoms. The van der Waals surface area contributed by atoms with Gasteiger partial charge in [-0.15, -0.1) is 0 Å². The molecule has 3 aromatic carbocycles. The maximum atomic E-state index is 12.1. The zero-order chi connectivity index (χ0) is 17.8. The second-order valence-corrected chi connectivity index (χ2v) is 6.57. The number of aryl methyl sites for hydroxylation is 1. The smallest absolute Gasteiger partial charge is 0.251 e. The second-order valence-electron chi connectivity index (χ2n) is 6.57. The lowest BCUT2D eigenvalue weighted by Gasteiger charge is -2.15. The Morgan fingerprint density at radius 3 is 2.50 bits per heavy atom. The number of carbonyl (C=O) groups excluding carboxylic acids is 1. The van der Waals surface area contributed by atoms with Crippen LogP contribution in [0.25, 0.3) is 17.2 Å². The van der Waals surface area contributed by atoms with Gasteiger partial charge in [0.05, 0.1) is 0 Å². The summed E-state index contributed by atoms with van der Waals surface area (Å²) in [6.45, 7) is 0.529. The summed E-state index contributed by atoms with van der Waals surface area (Å²) in [5.74, 6) is -0.0445. The first-order valence-electron chi connectivity index (χ1n) is 9.02. The van der Waals surface area contributed by atoms with E-state index in [2.05, 4.69) is 59.9 Å². The molecule has 0 heterocycles. The van der Waals surface area contributed by atoms with Crippen molar-refractivity contribution in [1.29, 1.82) is 0 Å². The molecule has 1 amide bonds. The fourth-order valence-electron chi connectivity index (χ4n) is 3.40. The minimum Gasteiger partial charge on any atom is -0.348 e. The summed E-state index contributed by atoms with van der Waals surface area (Å²) in [6, 6.07) is 24.3. The number of fused-ring (bicyclic) bond motifs is 1. The molecule has 1 aliphatic rings. The van der Waals surface area contributed by atoms with Crippen LogP contribution < -0.4 is 5.32 Å². The standard InChI is InChI=1S/C24H21NO/c26-24(21-8-2-1-3-9-21)25-17-18-13-15-20(16-14-18)23-12-6-10-19-7-4-5-11-22(19)23/h1-3,5-6,8-16H,4,7,17H2,(H,25,26). The SMILES string of the molecule is O=C(NCc1ccc(-c2cccc3c2C=CCC3)cc1)c1ccccc1. The quantitative estimate of drug-likeness (QED) is 0.692. The minimum absolute atomic E-state index is 0.0445. The molecule has 4 rings (SSSR count). The van der Waals surface area contributed by atoms with Crippen molar-refractivity contribution in [3.8, 4) is 11.1 Å². The summed E-state index contributed by atoms with van der Waals surface area (Å²) < 4.78 is 0. The second kappa shape index (κ2) is 7.40. The Hall–Kier alpha value is -3.13. The Bertz CT molecular complexity index is 940. The van der Waals surface area contributed by atoms with Gasteiger partial charge in [-0.1, -0.05) is 72.8 Å². The van der Waals surface area contributed by atoms with E-state index in [0.717, 1.165) is 18.4 Å². The highest BCUT2D eigenvalue weighted by Crippen LogP contribution is 2.30. The molecular formula is C24H21NO. The maximum Gasteiger partial charge on any atom is 0.251 e. The molecule has 0 atom stereocenters. The van der Waals surface area contributed by atoms with Crippen LogP contribution in [0.1, 0.15) is 33.5 Å². The van der Waals surface area contributed by atoms with E-state index in [4.69, 9.17) is 0 Å². The van der Waals surface area contributed by atoms with Gasteiger partial charge in [0, 0.05) is 12.1 Å². The number of carbonyl (C=O) groups is 1. The van der Waals surface area contributed by atoms with E-state index in [1.807, 2.05) is 30.3 Å². The molecule has 26 heavy (non-hydrogen) atoms. The van der Waals surface area contributed by atoms with E-state index in [1.165, 1.54) is 22.3 Å². The van der Waals surface area contributed by atoms with Gasteiger partial charge in [-0.25, -0.2) is 0 Å². The predicted octanol–water partition coefficient (Wildman–Crippen LogP) is 5.24. The van der Waals surface area contributed by atoms with E-state index in [-0.39, 0.29) is 5.91 Å². The Morgan fingerprint density at radius 2 is 1.69 bits per heavy atom. The fourth-order valence-corrected chi connectivity index (χ4v) is 3.40. The number of hydrogen-bond acceptors (Lipinski definition) is 1. The Morgan fingerprint density at radius 1 is 0.885 bits per heavy atom. The van der Waals surface area contributed by atoms with Crippen LogP contribution in [0.3, 0.4) is 0 Å². The Labute approximate surface area is 154 Å². The molecule has 2 nitrogen and oxygen atoms in total. The van der Waals surface area contributed by atoms with Crippen LogP contribution in [0.2, 0.25) is 0 Å². The first kappa shape index (κ1) is 16.3. The van der Waals surface area contributed by atoms with E-state index < -0.39 is 0 Å². The first-order valence-corrected chi connectivity index (χ1v) is 9.02. The molecule has 0 radical (unpaired) electrons. The lowest BCUT2D eigenvalue weighted by Crippen LogP contribution is -2.22. The molecule has 0 saturated carbocycles. The van der Waals surface area contributed by atoms with Gasteiger partial charge in [0.25, 0.3) is 5.91 Å². The minimum atomic E-state index is -0.0445.